The van der Waals surface area contributed by atoms with E-state index < -0.39 is 0 Å². The lowest BCUT2D eigenvalue weighted by Gasteiger charge is -2.23. The maximum atomic E-state index is 5.83. The monoisotopic (exact) mass is 223 g/mol. The molecule has 5 nitrogen and oxygen atoms in total. The SMILES string of the molecule is CCCCN=C(N)/N=C(\N)N1CC=CCC1. The lowest BCUT2D eigenvalue weighted by atomic mass is 10.3. The second-order valence-corrected chi connectivity index (χ2v) is 3.77. The average Bonchev–Trinajstić information content (AvgIpc) is 2.30. The van der Waals surface area contributed by atoms with Crippen LogP contribution in [0.1, 0.15) is 26.2 Å². The van der Waals surface area contributed by atoms with Crippen molar-refractivity contribution >= 4 is 11.9 Å². The molecule has 90 valence electrons. The van der Waals surface area contributed by atoms with Crippen molar-refractivity contribution in [2.75, 3.05) is 19.6 Å². The molecular formula is C11H21N5. The average molecular weight is 223 g/mol. The summed E-state index contributed by atoms with van der Waals surface area (Å²) in [7, 11) is 0. The van der Waals surface area contributed by atoms with Crippen LogP contribution >= 0.6 is 0 Å². The second-order valence-electron chi connectivity index (χ2n) is 3.77. The summed E-state index contributed by atoms with van der Waals surface area (Å²) in [6.45, 7) is 4.54. The Labute approximate surface area is 96.9 Å². The Morgan fingerprint density at radius 3 is 2.81 bits per heavy atom. The van der Waals surface area contributed by atoms with Crippen LogP contribution in [0.25, 0.3) is 0 Å². The Hall–Kier alpha value is -1.52. The Kier molecular flexibility index (Phi) is 5.39. The fourth-order valence-corrected chi connectivity index (χ4v) is 1.42. The highest BCUT2D eigenvalue weighted by Crippen LogP contribution is 2.00. The van der Waals surface area contributed by atoms with Gasteiger partial charge in [0.1, 0.15) is 0 Å². The molecule has 0 bridgehead atoms. The minimum Gasteiger partial charge on any atom is -0.369 e. The molecule has 0 unspecified atom stereocenters. The topological polar surface area (TPSA) is 80.0 Å². The number of rotatable bonds is 3. The molecule has 5 heteroatoms. The third kappa shape index (κ3) is 4.33. The van der Waals surface area contributed by atoms with E-state index in [1.54, 1.807) is 0 Å². The molecule has 0 saturated carbocycles. The van der Waals surface area contributed by atoms with Crippen LogP contribution in [0, 0.1) is 0 Å². The van der Waals surface area contributed by atoms with Crippen LogP contribution in [0.5, 0.6) is 0 Å². The first kappa shape index (κ1) is 12.5. The highest BCUT2D eigenvalue weighted by Gasteiger charge is 2.08. The molecule has 1 rings (SSSR count). The summed E-state index contributed by atoms with van der Waals surface area (Å²) in [5, 5.41) is 0. The number of nitrogens with zero attached hydrogens (tertiary/aromatic N) is 3. The van der Waals surface area contributed by atoms with Crippen LogP contribution in [-0.2, 0) is 0 Å². The molecule has 0 fully saturated rings. The molecule has 4 N–H and O–H groups in total. The van der Waals surface area contributed by atoms with Crippen LogP contribution < -0.4 is 11.5 Å². The van der Waals surface area contributed by atoms with E-state index >= 15 is 0 Å². The second kappa shape index (κ2) is 6.87. The molecule has 0 aromatic heterocycles. The van der Waals surface area contributed by atoms with Gasteiger partial charge in [-0.15, -0.1) is 0 Å². The van der Waals surface area contributed by atoms with E-state index in [1.807, 2.05) is 4.90 Å². The summed E-state index contributed by atoms with van der Waals surface area (Å²) in [5.41, 5.74) is 11.5. The molecule has 0 amide bonds. The molecule has 0 spiro atoms. The Morgan fingerprint density at radius 2 is 2.19 bits per heavy atom. The zero-order chi connectivity index (χ0) is 11.8. The fraction of sp³-hybridized carbons (Fsp3) is 0.636. The molecule has 1 aliphatic rings. The zero-order valence-corrected chi connectivity index (χ0v) is 9.89. The van der Waals surface area contributed by atoms with Gasteiger partial charge >= 0.3 is 0 Å². The Balaban J connectivity index is 2.47. The maximum Gasteiger partial charge on any atom is 0.218 e. The van der Waals surface area contributed by atoms with E-state index in [0.29, 0.717) is 5.96 Å². The molecule has 0 aromatic rings. The largest absolute Gasteiger partial charge is 0.369 e. The van der Waals surface area contributed by atoms with Crippen LogP contribution in [0.4, 0.5) is 0 Å². The molecule has 1 heterocycles. The number of hydrogen-bond acceptors (Lipinski definition) is 1. The molecule has 0 aromatic carbocycles. The summed E-state index contributed by atoms with van der Waals surface area (Å²) >= 11 is 0. The number of guanidine groups is 2. The van der Waals surface area contributed by atoms with Crippen molar-refractivity contribution in [2.45, 2.75) is 26.2 Å². The number of hydrogen-bond donors (Lipinski definition) is 2. The van der Waals surface area contributed by atoms with Crippen molar-refractivity contribution in [3.05, 3.63) is 12.2 Å². The van der Waals surface area contributed by atoms with Gasteiger partial charge in [-0.25, -0.2) is 0 Å². The van der Waals surface area contributed by atoms with E-state index in [0.717, 1.165) is 38.9 Å². The molecule has 0 atom stereocenters. The Bertz CT molecular complexity index is 293. The summed E-state index contributed by atoms with van der Waals surface area (Å²) in [4.78, 5) is 10.2. The van der Waals surface area contributed by atoms with Crippen LogP contribution in [0.3, 0.4) is 0 Å². The first-order valence-electron chi connectivity index (χ1n) is 5.78. The van der Waals surface area contributed by atoms with Crippen molar-refractivity contribution in [3.63, 3.8) is 0 Å². The van der Waals surface area contributed by atoms with Gasteiger partial charge in [0, 0.05) is 19.6 Å². The van der Waals surface area contributed by atoms with E-state index in [-0.39, 0.29) is 5.96 Å². The van der Waals surface area contributed by atoms with E-state index in [4.69, 9.17) is 11.5 Å². The van der Waals surface area contributed by atoms with Gasteiger partial charge in [0.15, 0.2) is 5.96 Å². The molecule has 16 heavy (non-hydrogen) atoms. The first-order valence-corrected chi connectivity index (χ1v) is 5.78. The molecule has 0 aliphatic carbocycles. The van der Waals surface area contributed by atoms with Crippen LogP contribution in [0.15, 0.2) is 22.1 Å². The zero-order valence-electron chi connectivity index (χ0n) is 9.89. The number of aliphatic imine (C=N–C) groups is 2. The highest BCUT2D eigenvalue weighted by molar-refractivity contribution is 5.93. The smallest absolute Gasteiger partial charge is 0.218 e. The van der Waals surface area contributed by atoms with Gasteiger partial charge in [0.25, 0.3) is 0 Å². The predicted octanol–water partition coefficient (Wildman–Crippen LogP) is 0.678. The van der Waals surface area contributed by atoms with Gasteiger partial charge in [-0.05, 0) is 12.8 Å². The van der Waals surface area contributed by atoms with Crippen molar-refractivity contribution in [3.8, 4) is 0 Å². The van der Waals surface area contributed by atoms with E-state index in [2.05, 4.69) is 29.1 Å². The van der Waals surface area contributed by atoms with E-state index in [1.165, 1.54) is 0 Å². The Morgan fingerprint density at radius 1 is 1.38 bits per heavy atom. The quantitative estimate of drug-likeness (QED) is 0.319. The summed E-state index contributed by atoms with van der Waals surface area (Å²) in [6, 6.07) is 0. The maximum absolute atomic E-state index is 5.83. The van der Waals surface area contributed by atoms with Gasteiger partial charge in [0.05, 0.1) is 0 Å². The van der Waals surface area contributed by atoms with Gasteiger partial charge in [-0.2, -0.15) is 4.99 Å². The molecule has 1 aliphatic heterocycles. The van der Waals surface area contributed by atoms with Gasteiger partial charge in [-0.1, -0.05) is 25.5 Å². The van der Waals surface area contributed by atoms with Crippen LogP contribution in [-0.4, -0.2) is 36.5 Å². The minimum absolute atomic E-state index is 0.278. The van der Waals surface area contributed by atoms with Crippen LogP contribution in [0.2, 0.25) is 0 Å². The first-order chi connectivity index (χ1) is 7.74. The molecule has 0 saturated heterocycles. The lowest BCUT2D eigenvalue weighted by molar-refractivity contribution is 0.450. The van der Waals surface area contributed by atoms with Crippen molar-refractivity contribution < 1.29 is 0 Å². The van der Waals surface area contributed by atoms with Gasteiger partial charge in [0.2, 0.25) is 5.96 Å². The van der Waals surface area contributed by atoms with E-state index in [9.17, 15) is 0 Å². The summed E-state index contributed by atoms with van der Waals surface area (Å²) in [5.74, 6) is 0.739. The standard InChI is InChI=1S/C11H21N5/c1-2-3-7-14-10(12)15-11(13)16-8-5-4-6-9-16/h4-5H,2-3,6-9H2,1H3,(H4,12,13,14,15). The van der Waals surface area contributed by atoms with Crippen molar-refractivity contribution in [1.82, 2.24) is 4.90 Å². The number of unbranched alkanes of at least 4 members (excludes halogenated alkanes) is 1. The number of nitrogens with two attached hydrogens (primary N) is 2. The summed E-state index contributed by atoms with van der Waals surface area (Å²) in [6.07, 6.45) is 7.36. The molecular weight excluding hydrogens is 202 g/mol. The molecule has 0 radical (unpaired) electrons. The minimum atomic E-state index is 0.278. The third-order valence-electron chi connectivity index (χ3n) is 2.40. The third-order valence-corrected chi connectivity index (χ3v) is 2.40. The predicted molar refractivity (Wildman–Crippen MR) is 68.3 cm³/mol. The highest BCUT2D eigenvalue weighted by atomic mass is 15.3. The van der Waals surface area contributed by atoms with Crippen molar-refractivity contribution in [2.24, 2.45) is 21.5 Å². The lowest BCUT2D eigenvalue weighted by Crippen LogP contribution is -2.40. The fourth-order valence-electron chi connectivity index (χ4n) is 1.42. The van der Waals surface area contributed by atoms with Gasteiger partial charge in [-0.3, -0.25) is 4.99 Å². The summed E-state index contributed by atoms with van der Waals surface area (Å²) < 4.78 is 0. The van der Waals surface area contributed by atoms with Gasteiger partial charge < -0.3 is 16.4 Å². The normalized spacial score (nSPS) is 17.9. The van der Waals surface area contributed by atoms with Crippen molar-refractivity contribution in [1.29, 1.82) is 0 Å².